The summed E-state index contributed by atoms with van der Waals surface area (Å²) in [6, 6.07) is 6.06. The van der Waals surface area contributed by atoms with Gasteiger partial charge in [-0.15, -0.1) is 0 Å². The Labute approximate surface area is 79.9 Å². The van der Waals surface area contributed by atoms with Crippen LogP contribution in [0.15, 0.2) is 18.2 Å². The summed E-state index contributed by atoms with van der Waals surface area (Å²) >= 11 is 0. The minimum atomic E-state index is 0.597. The summed E-state index contributed by atoms with van der Waals surface area (Å²) in [6.45, 7) is 2.78. The first-order valence-electron chi connectivity index (χ1n) is 4.85. The molecule has 1 aromatic carbocycles. The minimum absolute atomic E-state index is 0.597. The number of benzene rings is 1. The monoisotopic (exact) mass is 178 g/mol. The number of rotatable bonds is 4. The number of aryl methyl sites for hydroxylation is 1. The Morgan fingerprint density at radius 1 is 1.31 bits per heavy atom. The highest BCUT2D eigenvalue weighted by Gasteiger charge is 1.99. The van der Waals surface area contributed by atoms with Crippen molar-refractivity contribution in [3.8, 4) is 0 Å². The molecule has 0 unspecified atom stereocenters. The lowest BCUT2D eigenvalue weighted by atomic mass is 10.0. The van der Waals surface area contributed by atoms with Crippen molar-refractivity contribution in [1.29, 1.82) is 0 Å². The van der Waals surface area contributed by atoms with E-state index in [1.54, 1.807) is 0 Å². The smallest absolute Gasteiger partial charge is 0.0346 e. The molecule has 0 radical (unpaired) electrons. The van der Waals surface area contributed by atoms with Gasteiger partial charge in [0.2, 0.25) is 0 Å². The van der Waals surface area contributed by atoms with E-state index >= 15 is 0 Å². The quantitative estimate of drug-likeness (QED) is 0.693. The van der Waals surface area contributed by atoms with Crippen LogP contribution in [-0.2, 0) is 13.0 Å². The molecule has 2 nitrogen and oxygen atoms in total. The Hall–Kier alpha value is -1.02. The van der Waals surface area contributed by atoms with Crippen molar-refractivity contribution in [3.63, 3.8) is 0 Å². The predicted molar refractivity (Wildman–Crippen MR) is 57.4 cm³/mol. The number of hydrogen-bond donors (Lipinski definition) is 2. The number of nitrogens with two attached hydrogens (primary N) is 2. The third-order valence-electron chi connectivity index (χ3n) is 2.24. The van der Waals surface area contributed by atoms with Crippen LogP contribution in [0, 0.1) is 0 Å². The van der Waals surface area contributed by atoms with Gasteiger partial charge in [-0.05, 0) is 30.0 Å². The molecule has 0 aliphatic rings. The van der Waals surface area contributed by atoms with Gasteiger partial charge in [0.25, 0.3) is 0 Å². The largest absolute Gasteiger partial charge is 0.399 e. The van der Waals surface area contributed by atoms with Crippen LogP contribution in [0.5, 0.6) is 0 Å². The second-order valence-corrected chi connectivity index (χ2v) is 3.34. The van der Waals surface area contributed by atoms with Crippen molar-refractivity contribution in [1.82, 2.24) is 0 Å². The van der Waals surface area contributed by atoms with E-state index in [0.717, 1.165) is 12.1 Å². The molecule has 0 aromatic heterocycles. The first kappa shape index (κ1) is 10.1. The summed E-state index contributed by atoms with van der Waals surface area (Å²) < 4.78 is 0. The molecule has 4 N–H and O–H groups in total. The Bertz CT molecular complexity index is 269. The average molecular weight is 178 g/mol. The lowest BCUT2D eigenvalue weighted by molar-refractivity contribution is 0.795. The molecule has 0 aliphatic carbocycles. The van der Waals surface area contributed by atoms with E-state index in [0.29, 0.717) is 6.54 Å². The number of nitrogen functional groups attached to an aromatic ring is 1. The fourth-order valence-electron chi connectivity index (χ4n) is 1.37. The van der Waals surface area contributed by atoms with Crippen LogP contribution in [0.3, 0.4) is 0 Å². The summed E-state index contributed by atoms with van der Waals surface area (Å²) in [4.78, 5) is 0. The van der Waals surface area contributed by atoms with Gasteiger partial charge in [0.05, 0.1) is 0 Å². The fraction of sp³-hybridized carbons (Fsp3) is 0.455. The summed E-state index contributed by atoms with van der Waals surface area (Å²) in [5.41, 5.74) is 14.7. The van der Waals surface area contributed by atoms with Crippen molar-refractivity contribution in [2.45, 2.75) is 32.7 Å². The summed E-state index contributed by atoms with van der Waals surface area (Å²) in [5, 5.41) is 0. The van der Waals surface area contributed by atoms with Crippen molar-refractivity contribution < 1.29 is 0 Å². The zero-order valence-electron chi connectivity index (χ0n) is 8.22. The van der Waals surface area contributed by atoms with Crippen LogP contribution in [0.2, 0.25) is 0 Å². The van der Waals surface area contributed by atoms with Crippen LogP contribution in [0.4, 0.5) is 5.69 Å². The van der Waals surface area contributed by atoms with Gasteiger partial charge >= 0.3 is 0 Å². The zero-order valence-corrected chi connectivity index (χ0v) is 8.22. The number of anilines is 1. The maximum absolute atomic E-state index is 5.84. The second-order valence-electron chi connectivity index (χ2n) is 3.34. The van der Waals surface area contributed by atoms with Crippen molar-refractivity contribution in [3.05, 3.63) is 29.3 Å². The van der Waals surface area contributed by atoms with E-state index in [4.69, 9.17) is 11.5 Å². The third-order valence-corrected chi connectivity index (χ3v) is 2.24. The lowest BCUT2D eigenvalue weighted by Crippen LogP contribution is -2.00. The average Bonchev–Trinajstić information content (AvgIpc) is 2.17. The molecular formula is C11H18N2. The van der Waals surface area contributed by atoms with Gasteiger partial charge < -0.3 is 11.5 Å². The lowest BCUT2D eigenvalue weighted by Gasteiger charge is -2.06. The van der Waals surface area contributed by atoms with E-state index in [9.17, 15) is 0 Å². The van der Waals surface area contributed by atoms with E-state index in [2.05, 4.69) is 13.0 Å². The molecule has 1 aromatic rings. The molecule has 0 amide bonds. The van der Waals surface area contributed by atoms with Gasteiger partial charge in [0.1, 0.15) is 0 Å². The van der Waals surface area contributed by atoms with Crippen LogP contribution in [-0.4, -0.2) is 0 Å². The van der Waals surface area contributed by atoms with Crippen molar-refractivity contribution in [2.24, 2.45) is 5.73 Å². The summed E-state index contributed by atoms with van der Waals surface area (Å²) in [7, 11) is 0. The van der Waals surface area contributed by atoms with E-state index in [-0.39, 0.29) is 0 Å². The molecule has 1 rings (SSSR count). The molecule has 0 saturated heterocycles. The van der Waals surface area contributed by atoms with E-state index in [1.165, 1.54) is 24.0 Å². The highest BCUT2D eigenvalue weighted by Crippen LogP contribution is 2.16. The van der Waals surface area contributed by atoms with Crippen LogP contribution in [0.25, 0.3) is 0 Å². The summed E-state index contributed by atoms with van der Waals surface area (Å²) in [5.74, 6) is 0. The molecule has 0 atom stereocenters. The first-order chi connectivity index (χ1) is 6.27. The molecule has 0 aliphatic heterocycles. The Kier molecular flexibility index (Phi) is 3.77. The minimum Gasteiger partial charge on any atom is -0.399 e. The predicted octanol–water partition coefficient (Wildman–Crippen LogP) is 2.07. The van der Waals surface area contributed by atoms with Gasteiger partial charge in [-0.25, -0.2) is 0 Å². The van der Waals surface area contributed by atoms with Gasteiger partial charge in [-0.2, -0.15) is 0 Å². The van der Waals surface area contributed by atoms with Gasteiger partial charge in [0.15, 0.2) is 0 Å². The molecule has 2 heteroatoms. The third kappa shape index (κ3) is 2.74. The summed E-state index contributed by atoms with van der Waals surface area (Å²) in [6.07, 6.45) is 3.46. The Balaban J connectivity index is 2.78. The SMILES string of the molecule is CCCCc1cc(CN)ccc1N. The zero-order chi connectivity index (χ0) is 9.68. The highest BCUT2D eigenvalue weighted by molar-refractivity contribution is 5.48. The van der Waals surface area contributed by atoms with Crippen LogP contribution < -0.4 is 11.5 Å². The second kappa shape index (κ2) is 4.87. The molecule has 0 spiro atoms. The fourth-order valence-corrected chi connectivity index (χ4v) is 1.37. The van der Waals surface area contributed by atoms with Crippen LogP contribution >= 0.6 is 0 Å². The number of unbranched alkanes of at least 4 members (excludes halogenated alkanes) is 1. The van der Waals surface area contributed by atoms with Crippen molar-refractivity contribution >= 4 is 5.69 Å². The van der Waals surface area contributed by atoms with E-state index in [1.807, 2.05) is 12.1 Å². The first-order valence-corrected chi connectivity index (χ1v) is 4.85. The van der Waals surface area contributed by atoms with Gasteiger partial charge in [-0.3, -0.25) is 0 Å². The molecule has 0 heterocycles. The number of hydrogen-bond acceptors (Lipinski definition) is 2. The van der Waals surface area contributed by atoms with Gasteiger partial charge in [0, 0.05) is 12.2 Å². The normalized spacial score (nSPS) is 10.3. The van der Waals surface area contributed by atoms with Gasteiger partial charge in [-0.1, -0.05) is 25.5 Å². The molecule has 0 fully saturated rings. The van der Waals surface area contributed by atoms with Crippen molar-refractivity contribution in [2.75, 3.05) is 5.73 Å². The highest BCUT2D eigenvalue weighted by atomic mass is 14.6. The molecule has 13 heavy (non-hydrogen) atoms. The maximum Gasteiger partial charge on any atom is 0.0346 e. The Morgan fingerprint density at radius 2 is 2.08 bits per heavy atom. The molecular weight excluding hydrogens is 160 g/mol. The topological polar surface area (TPSA) is 52.0 Å². The van der Waals surface area contributed by atoms with E-state index < -0.39 is 0 Å². The Morgan fingerprint density at radius 3 is 2.69 bits per heavy atom. The van der Waals surface area contributed by atoms with Crippen LogP contribution in [0.1, 0.15) is 30.9 Å². The molecule has 0 saturated carbocycles. The molecule has 0 bridgehead atoms. The standard InChI is InChI=1S/C11H18N2/c1-2-3-4-10-7-9(8-12)5-6-11(10)13/h5-7H,2-4,8,12-13H2,1H3. The maximum atomic E-state index is 5.84. The molecule has 72 valence electrons.